The van der Waals surface area contributed by atoms with E-state index in [1.165, 1.54) is 19.3 Å². The van der Waals surface area contributed by atoms with Crippen LogP contribution in [0.5, 0.6) is 0 Å². The van der Waals surface area contributed by atoms with E-state index in [4.69, 9.17) is 0 Å². The number of allylic oxidation sites excluding steroid dienone is 1. The standard InChI is InChI=1S/C13H26N2O/c1-4-5-6-7-8-10-14-11-9-13(16)15-12(2)3/h4,12,14H,1,5-11H2,2-3H3,(H,15,16). The largest absolute Gasteiger partial charge is 0.354 e. The summed E-state index contributed by atoms with van der Waals surface area (Å²) in [5, 5.41) is 6.15. The van der Waals surface area contributed by atoms with Gasteiger partial charge in [-0.3, -0.25) is 4.79 Å². The van der Waals surface area contributed by atoms with Gasteiger partial charge in [0, 0.05) is 19.0 Å². The first-order valence-electron chi connectivity index (χ1n) is 6.27. The number of rotatable bonds is 10. The summed E-state index contributed by atoms with van der Waals surface area (Å²) in [6, 6.07) is 0.242. The molecule has 0 heterocycles. The molecule has 0 aromatic carbocycles. The fourth-order valence-corrected chi connectivity index (χ4v) is 1.44. The Bertz CT molecular complexity index is 190. The smallest absolute Gasteiger partial charge is 0.221 e. The predicted octanol–water partition coefficient (Wildman–Crippen LogP) is 2.24. The summed E-state index contributed by atoms with van der Waals surface area (Å²) >= 11 is 0. The summed E-state index contributed by atoms with van der Waals surface area (Å²) in [5.74, 6) is 0.133. The molecule has 0 atom stereocenters. The van der Waals surface area contributed by atoms with E-state index in [9.17, 15) is 4.79 Å². The molecule has 1 amide bonds. The molecule has 0 aromatic rings. The molecule has 3 heteroatoms. The van der Waals surface area contributed by atoms with Crippen LogP contribution in [-0.2, 0) is 4.79 Å². The Balaban J connectivity index is 3.14. The van der Waals surface area contributed by atoms with E-state index in [0.29, 0.717) is 6.42 Å². The summed E-state index contributed by atoms with van der Waals surface area (Å²) in [4.78, 5) is 11.3. The fraction of sp³-hybridized carbons (Fsp3) is 0.769. The predicted molar refractivity (Wildman–Crippen MR) is 69.4 cm³/mol. The Kier molecular flexibility index (Phi) is 10.1. The molecule has 0 aliphatic rings. The molecule has 94 valence electrons. The van der Waals surface area contributed by atoms with E-state index in [1.54, 1.807) is 0 Å². The molecule has 0 aromatic heterocycles. The van der Waals surface area contributed by atoms with Crippen molar-refractivity contribution < 1.29 is 4.79 Å². The molecule has 0 bridgehead atoms. The third kappa shape index (κ3) is 11.2. The highest BCUT2D eigenvalue weighted by Crippen LogP contribution is 1.98. The Morgan fingerprint density at radius 3 is 2.62 bits per heavy atom. The first-order valence-corrected chi connectivity index (χ1v) is 6.27. The minimum atomic E-state index is 0.133. The van der Waals surface area contributed by atoms with Gasteiger partial charge in [-0.25, -0.2) is 0 Å². The maximum atomic E-state index is 11.3. The van der Waals surface area contributed by atoms with Crippen molar-refractivity contribution in [2.24, 2.45) is 0 Å². The van der Waals surface area contributed by atoms with Gasteiger partial charge in [-0.1, -0.05) is 12.5 Å². The molecule has 0 saturated carbocycles. The van der Waals surface area contributed by atoms with E-state index in [-0.39, 0.29) is 11.9 Å². The second-order valence-corrected chi connectivity index (χ2v) is 4.36. The number of hydrogen-bond donors (Lipinski definition) is 2. The fourth-order valence-electron chi connectivity index (χ4n) is 1.44. The molecule has 0 aliphatic heterocycles. The highest BCUT2D eigenvalue weighted by atomic mass is 16.1. The Labute approximate surface area is 99.7 Å². The lowest BCUT2D eigenvalue weighted by molar-refractivity contribution is -0.121. The average molecular weight is 226 g/mol. The molecule has 0 spiro atoms. The van der Waals surface area contributed by atoms with Crippen LogP contribution in [0.4, 0.5) is 0 Å². The lowest BCUT2D eigenvalue weighted by Crippen LogP contribution is -2.32. The molecule has 0 radical (unpaired) electrons. The molecule has 0 unspecified atom stereocenters. The van der Waals surface area contributed by atoms with Gasteiger partial charge in [-0.2, -0.15) is 0 Å². The molecule has 0 rings (SSSR count). The van der Waals surface area contributed by atoms with Crippen LogP contribution in [0.2, 0.25) is 0 Å². The van der Waals surface area contributed by atoms with E-state index in [0.717, 1.165) is 19.5 Å². The van der Waals surface area contributed by atoms with Gasteiger partial charge < -0.3 is 10.6 Å². The topological polar surface area (TPSA) is 41.1 Å². The van der Waals surface area contributed by atoms with Crippen LogP contribution in [0.15, 0.2) is 12.7 Å². The van der Waals surface area contributed by atoms with E-state index >= 15 is 0 Å². The summed E-state index contributed by atoms with van der Waals surface area (Å²) in [6.07, 6.45) is 7.28. The number of carbonyl (C=O) groups is 1. The maximum Gasteiger partial charge on any atom is 0.221 e. The number of hydrogen-bond acceptors (Lipinski definition) is 2. The van der Waals surface area contributed by atoms with E-state index < -0.39 is 0 Å². The third-order valence-electron chi connectivity index (χ3n) is 2.24. The zero-order valence-corrected chi connectivity index (χ0v) is 10.7. The van der Waals surface area contributed by atoms with Crippen LogP contribution >= 0.6 is 0 Å². The number of amides is 1. The molecular weight excluding hydrogens is 200 g/mol. The van der Waals surface area contributed by atoms with E-state index in [1.807, 2.05) is 19.9 Å². The third-order valence-corrected chi connectivity index (χ3v) is 2.24. The quantitative estimate of drug-likeness (QED) is 0.443. The second-order valence-electron chi connectivity index (χ2n) is 4.36. The normalized spacial score (nSPS) is 10.4. The van der Waals surface area contributed by atoms with Gasteiger partial charge in [0.25, 0.3) is 0 Å². The van der Waals surface area contributed by atoms with Crippen LogP contribution in [0, 0.1) is 0 Å². The van der Waals surface area contributed by atoms with Gasteiger partial charge in [0.2, 0.25) is 5.91 Å². The Hall–Kier alpha value is -0.830. The molecule has 2 N–H and O–H groups in total. The highest BCUT2D eigenvalue weighted by molar-refractivity contribution is 5.76. The zero-order chi connectivity index (χ0) is 12.2. The van der Waals surface area contributed by atoms with E-state index in [2.05, 4.69) is 17.2 Å². The number of unbranched alkanes of at least 4 members (excludes halogenated alkanes) is 3. The summed E-state index contributed by atoms with van der Waals surface area (Å²) in [5.41, 5.74) is 0. The van der Waals surface area contributed by atoms with Gasteiger partial charge >= 0.3 is 0 Å². The first-order chi connectivity index (χ1) is 7.66. The highest BCUT2D eigenvalue weighted by Gasteiger charge is 2.01. The molecular formula is C13H26N2O. The van der Waals surface area contributed by atoms with Crippen molar-refractivity contribution in [3.63, 3.8) is 0 Å². The van der Waals surface area contributed by atoms with Crippen molar-refractivity contribution in [2.75, 3.05) is 13.1 Å². The molecule has 0 fully saturated rings. The molecule has 3 nitrogen and oxygen atoms in total. The number of nitrogens with one attached hydrogen (secondary N) is 2. The van der Waals surface area contributed by atoms with Crippen LogP contribution in [0.3, 0.4) is 0 Å². The number of carbonyl (C=O) groups excluding carboxylic acids is 1. The van der Waals surface area contributed by atoms with Gasteiger partial charge in [0.05, 0.1) is 0 Å². The van der Waals surface area contributed by atoms with Crippen LogP contribution in [-0.4, -0.2) is 25.0 Å². The molecule has 16 heavy (non-hydrogen) atoms. The van der Waals surface area contributed by atoms with Crippen LogP contribution in [0.1, 0.15) is 46.0 Å². The van der Waals surface area contributed by atoms with Crippen molar-refractivity contribution in [3.05, 3.63) is 12.7 Å². The lowest BCUT2D eigenvalue weighted by atomic mass is 10.2. The van der Waals surface area contributed by atoms with Gasteiger partial charge in [0.1, 0.15) is 0 Å². The van der Waals surface area contributed by atoms with Crippen molar-refractivity contribution in [1.29, 1.82) is 0 Å². The lowest BCUT2D eigenvalue weighted by Gasteiger charge is -2.08. The summed E-state index contributed by atoms with van der Waals surface area (Å²) in [7, 11) is 0. The molecule has 0 saturated heterocycles. The minimum Gasteiger partial charge on any atom is -0.354 e. The van der Waals surface area contributed by atoms with Crippen molar-refractivity contribution >= 4 is 5.91 Å². The Morgan fingerprint density at radius 1 is 1.25 bits per heavy atom. The zero-order valence-electron chi connectivity index (χ0n) is 10.7. The van der Waals surface area contributed by atoms with Crippen LogP contribution < -0.4 is 10.6 Å². The average Bonchev–Trinajstić information content (AvgIpc) is 2.21. The monoisotopic (exact) mass is 226 g/mol. The summed E-state index contributed by atoms with van der Waals surface area (Å²) in [6.45, 7) is 9.43. The van der Waals surface area contributed by atoms with Gasteiger partial charge in [0.15, 0.2) is 0 Å². The SMILES string of the molecule is C=CCCCCCNCCC(=O)NC(C)C. The maximum absolute atomic E-state index is 11.3. The van der Waals surface area contributed by atoms with Gasteiger partial charge in [-0.15, -0.1) is 6.58 Å². The van der Waals surface area contributed by atoms with Crippen molar-refractivity contribution in [1.82, 2.24) is 10.6 Å². The van der Waals surface area contributed by atoms with Crippen LogP contribution in [0.25, 0.3) is 0 Å². The minimum absolute atomic E-state index is 0.133. The molecule has 0 aliphatic carbocycles. The summed E-state index contributed by atoms with van der Waals surface area (Å²) < 4.78 is 0. The van der Waals surface area contributed by atoms with Crippen molar-refractivity contribution in [3.8, 4) is 0 Å². The Morgan fingerprint density at radius 2 is 2.00 bits per heavy atom. The second kappa shape index (κ2) is 10.7. The van der Waals surface area contributed by atoms with Crippen molar-refractivity contribution in [2.45, 2.75) is 52.0 Å². The van der Waals surface area contributed by atoms with Gasteiger partial charge in [-0.05, 0) is 39.7 Å². The first kappa shape index (κ1) is 15.2.